The summed E-state index contributed by atoms with van der Waals surface area (Å²) >= 11 is 0. The van der Waals surface area contributed by atoms with Crippen LogP contribution < -0.4 is 0 Å². The Morgan fingerprint density at radius 2 is 2.50 bits per heavy atom. The van der Waals surface area contributed by atoms with Crippen LogP contribution in [-0.2, 0) is 0 Å². The maximum absolute atomic E-state index is 9.46. The summed E-state index contributed by atoms with van der Waals surface area (Å²) in [6.45, 7) is 5.57. The number of aliphatic hydroxyl groups excluding tert-OH is 1. The second-order valence-corrected chi connectivity index (χ2v) is 2.92. The number of aliphatic hydroxyl groups is 1. The highest BCUT2D eigenvalue weighted by atomic mass is 16.3. The molecular formula is C9H14O. The molecule has 1 heteroatoms. The van der Waals surface area contributed by atoms with E-state index < -0.39 is 0 Å². The predicted molar refractivity (Wildman–Crippen MR) is 42.8 cm³/mol. The van der Waals surface area contributed by atoms with Gasteiger partial charge in [0.15, 0.2) is 0 Å². The van der Waals surface area contributed by atoms with Crippen molar-refractivity contribution in [1.82, 2.24) is 0 Å². The Kier molecular flexibility index (Phi) is 2.28. The van der Waals surface area contributed by atoms with E-state index in [4.69, 9.17) is 0 Å². The van der Waals surface area contributed by atoms with Gasteiger partial charge in [-0.1, -0.05) is 12.7 Å². The molecule has 1 nitrogen and oxygen atoms in total. The second-order valence-electron chi connectivity index (χ2n) is 2.92. The highest BCUT2D eigenvalue weighted by Gasteiger charge is 2.13. The molecule has 0 aromatic carbocycles. The van der Waals surface area contributed by atoms with Crippen molar-refractivity contribution in [2.24, 2.45) is 0 Å². The maximum atomic E-state index is 9.46. The fourth-order valence-electron chi connectivity index (χ4n) is 1.26. The molecule has 0 amide bonds. The molecule has 0 heterocycles. The van der Waals surface area contributed by atoms with E-state index in [1.54, 1.807) is 0 Å². The highest BCUT2D eigenvalue weighted by molar-refractivity contribution is 5.21. The molecule has 0 radical (unpaired) electrons. The van der Waals surface area contributed by atoms with Crippen LogP contribution in [0.3, 0.4) is 0 Å². The van der Waals surface area contributed by atoms with Gasteiger partial charge in [-0.15, -0.1) is 0 Å². The Bertz CT molecular complexity index is 168. The summed E-state index contributed by atoms with van der Waals surface area (Å²) in [6, 6.07) is 0. The van der Waals surface area contributed by atoms with Crippen LogP contribution >= 0.6 is 0 Å². The Labute approximate surface area is 62.1 Å². The smallest absolute Gasteiger partial charge is 0.0955 e. The normalized spacial score (nSPS) is 20.4. The SMILES string of the molecule is C=C(C)C(O)C1=CCCC1. The number of rotatable bonds is 2. The van der Waals surface area contributed by atoms with Crippen molar-refractivity contribution in [2.75, 3.05) is 0 Å². The van der Waals surface area contributed by atoms with Gasteiger partial charge >= 0.3 is 0 Å². The molecule has 1 aliphatic rings. The Hall–Kier alpha value is -0.560. The van der Waals surface area contributed by atoms with E-state index in [0.29, 0.717) is 0 Å². The van der Waals surface area contributed by atoms with E-state index in [2.05, 4.69) is 12.7 Å². The van der Waals surface area contributed by atoms with Gasteiger partial charge in [-0.2, -0.15) is 0 Å². The van der Waals surface area contributed by atoms with Gasteiger partial charge in [0.2, 0.25) is 0 Å². The zero-order chi connectivity index (χ0) is 7.56. The van der Waals surface area contributed by atoms with E-state index in [0.717, 1.165) is 24.0 Å². The molecular weight excluding hydrogens is 124 g/mol. The van der Waals surface area contributed by atoms with Crippen LogP contribution in [0.2, 0.25) is 0 Å². The molecule has 1 rings (SSSR count). The average molecular weight is 138 g/mol. The Morgan fingerprint density at radius 1 is 1.80 bits per heavy atom. The topological polar surface area (TPSA) is 20.2 Å². The summed E-state index contributed by atoms with van der Waals surface area (Å²) in [7, 11) is 0. The van der Waals surface area contributed by atoms with Crippen LogP contribution in [0.5, 0.6) is 0 Å². The van der Waals surface area contributed by atoms with Gasteiger partial charge in [-0.3, -0.25) is 0 Å². The first-order valence-electron chi connectivity index (χ1n) is 3.74. The average Bonchev–Trinajstić information content (AvgIpc) is 2.36. The molecule has 0 bridgehead atoms. The summed E-state index contributed by atoms with van der Waals surface area (Å²) in [5.41, 5.74) is 2.01. The molecule has 0 saturated heterocycles. The van der Waals surface area contributed by atoms with Gasteiger partial charge in [-0.05, 0) is 37.3 Å². The van der Waals surface area contributed by atoms with E-state index in [1.165, 1.54) is 6.42 Å². The van der Waals surface area contributed by atoms with E-state index in [1.807, 2.05) is 6.92 Å². The van der Waals surface area contributed by atoms with E-state index >= 15 is 0 Å². The minimum Gasteiger partial charge on any atom is -0.384 e. The number of hydrogen-bond acceptors (Lipinski definition) is 1. The molecule has 0 fully saturated rings. The summed E-state index contributed by atoms with van der Waals surface area (Å²) < 4.78 is 0. The fourth-order valence-corrected chi connectivity index (χ4v) is 1.26. The molecule has 0 saturated carbocycles. The third-order valence-corrected chi connectivity index (χ3v) is 1.89. The zero-order valence-corrected chi connectivity index (χ0v) is 6.43. The molecule has 0 spiro atoms. The molecule has 1 N–H and O–H groups in total. The largest absolute Gasteiger partial charge is 0.384 e. The lowest BCUT2D eigenvalue weighted by atomic mass is 10.0. The maximum Gasteiger partial charge on any atom is 0.0955 e. The van der Waals surface area contributed by atoms with Crippen LogP contribution in [-0.4, -0.2) is 11.2 Å². The third kappa shape index (κ3) is 1.48. The molecule has 0 aromatic heterocycles. The van der Waals surface area contributed by atoms with Gasteiger partial charge in [0.1, 0.15) is 0 Å². The first-order chi connectivity index (χ1) is 4.72. The monoisotopic (exact) mass is 138 g/mol. The van der Waals surface area contributed by atoms with Crippen molar-refractivity contribution in [3.05, 3.63) is 23.8 Å². The minimum atomic E-state index is -0.373. The van der Waals surface area contributed by atoms with Crippen LogP contribution in [0.4, 0.5) is 0 Å². The van der Waals surface area contributed by atoms with E-state index in [-0.39, 0.29) is 6.10 Å². The summed E-state index contributed by atoms with van der Waals surface area (Å²) in [4.78, 5) is 0. The van der Waals surface area contributed by atoms with E-state index in [9.17, 15) is 5.11 Å². The summed E-state index contributed by atoms with van der Waals surface area (Å²) in [5, 5.41) is 9.46. The Balaban J connectivity index is 2.55. The third-order valence-electron chi connectivity index (χ3n) is 1.89. The van der Waals surface area contributed by atoms with Crippen molar-refractivity contribution in [3.63, 3.8) is 0 Å². The predicted octanol–water partition coefficient (Wildman–Crippen LogP) is 2.03. The second kappa shape index (κ2) is 3.02. The number of hydrogen-bond donors (Lipinski definition) is 1. The van der Waals surface area contributed by atoms with Crippen molar-refractivity contribution < 1.29 is 5.11 Å². The molecule has 10 heavy (non-hydrogen) atoms. The molecule has 1 unspecified atom stereocenters. The number of allylic oxidation sites excluding steroid dienone is 1. The van der Waals surface area contributed by atoms with Gasteiger partial charge in [-0.25, -0.2) is 0 Å². The van der Waals surface area contributed by atoms with Gasteiger partial charge < -0.3 is 5.11 Å². The van der Waals surface area contributed by atoms with Crippen molar-refractivity contribution in [1.29, 1.82) is 0 Å². The summed E-state index contributed by atoms with van der Waals surface area (Å²) in [5.74, 6) is 0. The van der Waals surface area contributed by atoms with Crippen LogP contribution in [0.15, 0.2) is 23.8 Å². The molecule has 0 aliphatic heterocycles. The van der Waals surface area contributed by atoms with Crippen molar-refractivity contribution in [3.8, 4) is 0 Å². The lowest BCUT2D eigenvalue weighted by Gasteiger charge is -2.10. The lowest BCUT2D eigenvalue weighted by molar-refractivity contribution is 0.244. The van der Waals surface area contributed by atoms with Crippen LogP contribution in [0.1, 0.15) is 26.2 Å². The first kappa shape index (κ1) is 7.55. The highest BCUT2D eigenvalue weighted by Crippen LogP contribution is 2.23. The standard InChI is InChI=1S/C9H14O/c1-7(2)9(10)8-5-3-4-6-8/h5,9-10H,1,3-4,6H2,2H3. The molecule has 0 aromatic rings. The Morgan fingerprint density at radius 3 is 2.90 bits per heavy atom. The quantitative estimate of drug-likeness (QED) is 0.579. The fraction of sp³-hybridized carbons (Fsp3) is 0.556. The van der Waals surface area contributed by atoms with Crippen molar-refractivity contribution >= 4 is 0 Å². The molecule has 1 atom stereocenters. The van der Waals surface area contributed by atoms with Gasteiger partial charge in [0.05, 0.1) is 6.10 Å². The van der Waals surface area contributed by atoms with Gasteiger partial charge in [0.25, 0.3) is 0 Å². The lowest BCUT2D eigenvalue weighted by Crippen LogP contribution is -2.09. The first-order valence-corrected chi connectivity index (χ1v) is 3.74. The van der Waals surface area contributed by atoms with Gasteiger partial charge in [0, 0.05) is 0 Å². The van der Waals surface area contributed by atoms with Crippen molar-refractivity contribution in [2.45, 2.75) is 32.3 Å². The minimum absolute atomic E-state index is 0.373. The zero-order valence-electron chi connectivity index (χ0n) is 6.43. The van der Waals surface area contributed by atoms with Crippen LogP contribution in [0.25, 0.3) is 0 Å². The molecule has 56 valence electrons. The summed E-state index contributed by atoms with van der Waals surface area (Å²) in [6.07, 6.45) is 5.12. The molecule has 1 aliphatic carbocycles. The van der Waals surface area contributed by atoms with Crippen LogP contribution in [0, 0.1) is 0 Å².